The number of furan rings is 2. The molecule has 2 aromatic heterocycles. The van der Waals surface area contributed by atoms with E-state index in [9.17, 15) is 9.59 Å². The Bertz CT molecular complexity index is 1580. The average Bonchev–Trinajstić information content (AvgIpc) is 3.41. The molecule has 182 valence electrons. The number of nitrogens with one attached hydrogen (secondary N) is 2. The number of fused-ring (bicyclic) bond motifs is 2. The summed E-state index contributed by atoms with van der Waals surface area (Å²) in [6, 6.07) is 20.8. The van der Waals surface area contributed by atoms with E-state index in [-0.39, 0.29) is 23.5 Å². The van der Waals surface area contributed by atoms with Gasteiger partial charge in [-0.25, -0.2) is 0 Å². The van der Waals surface area contributed by atoms with Gasteiger partial charge in [0.25, 0.3) is 5.91 Å². The standard InChI is InChI=1S/C30H28N2O4/c1-18-9-12-21(13-10-18)31-29(34)28-27(22-7-5-6-8-25(22)36-28)32-26(33)15-19-17-35-24-14-11-20(16-23(19)24)30(2,3)4/h5-14,16-17H,15H2,1-4H3,(H,31,34)(H,32,33). The Labute approximate surface area is 209 Å². The molecule has 5 rings (SSSR count). The highest BCUT2D eigenvalue weighted by Gasteiger charge is 2.23. The maximum absolute atomic E-state index is 13.2. The van der Waals surface area contributed by atoms with Gasteiger partial charge in [-0.2, -0.15) is 0 Å². The lowest BCUT2D eigenvalue weighted by Gasteiger charge is -2.18. The summed E-state index contributed by atoms with van der Waals surface area (Å²) in [5.74, 6) is -0.652. The molecule has 2 N–H and O–H groups in total. The number of anilines is 2. The minimum Gasteiger partial charge on any atom is -0.464 e. The van der Waals surface area contributed by atoms with Crippen LogP contribution in [0.15, 0.2) is 81.8 Å². The third-order valence-electron chi connectivity index (χ3n) is 6.25. The molecule has 0 spiro atoms. The lowest BCUT2D eigenvalue weighted by atomic mass is 9.86. The zero-order chi connectivity index (χ0) is 25.4. The number of amides is 2. The highest BCUT2D eigenvalue weighted by atomic mass is 16.3. The van der Waals surface area contributed by atoms with E-state index < -0.39 is 5.91 Å². The minimum absolute atomic E-state index is 0.0274. The maximum atomic E-state index is 13.2. The molecule has 2 amide bonds. The predicted octanol–water partition coefficient (Wildman–Crippen LogP) is 7.22. The number of hydrogen-bond donors (Lipinski definition) is 2. The maximum Gasteiger partial charge on any atom is 0.293 e. The first-order valence-electron chi connectivity index (χ1n) is 11.9. The van der Waals surface area contributed by atoms with Crippen molar-refractivity contribution in [3.8, 4) is 0 Å². The second-order valence-electron chi connectivity index (χ2n) is 10.1. The van der Waals surface area contributed by atoms with Crippen LogP contribution in [-0.2, 0) is 16.6 Å². The Morgan fingerprint density at radius 2 is 1.61 bits per heavy atom. The van der Waals surface area contributed by atoms with Crippen molar-refractivity contribution in [3.63, 3.8) is 0 Å². The Hall–Kier alpha value is -4.32. The molecular weight excluding hydrogens is 452 g/mol. The van der Waals surface area contributed by atoms with E-state index in [1.165, 1.54) is 0 Å². The van der Waals surface area contributed by atoms with Gasteiger partial charge in [0.2, 0.25) is 11.7 Å². The van der Waals surface area contributed by atoms with Crippen molar-refractivity contribution >= 4 is 45.1 Å². The summed E-state index contributed by atoms with van der Waals surface area (Å²) in [5.41, 5.74) is 5.25. The number of aryl methyl sites for hydroxylation is 1. The van der Waals surface area contributed by atoms with Crippen LogP contribution in [0.4, 0.5) is 11.4 Å². The van der Waals surface area contributed by atoms with Crippen molar-refractivity contribution < 1.29 is 18.4 Å². The molecule has 0 unspecified atom stereocenters. The van der Waals surface area contributed by atoms with Gasteiger partial charge in [0, 0.05) is 22.0 Å². The number of carbonyl (C=O) groups is 2. The van der Waals surface area contributed by atoms with E-state index in [1.54, 1.807) is 12.3 Å². The average molecular weight is 481 g/mol. The summed E-state index contributed by atoms with van der Waals surface area (Å²) in [6.45, 7) is 8.42. The summed E-state index contributed by atoms with van der Waals surface area (Å²) < 4.78 is 11.6. The molecule has 36 heavy (non-hydrogen) atoms. The first-order valence-corrected chi connectivity index (χ1v) is 11.9. The first-order chi connectivity index (χ1) is 17.2. The zero-order valence-electron chi connectivity index (χ0n) is 20.8. The minimum atomic E-state index is -0.436. The Morgan fingerprint density at radius 1 is 0.861 bits per heavy atom. The van der Waals surface area contributed by atoms with Crippen LogP contribution in [0.5, 0.6) is 0 Å². The van der Waals surface area contributed by atoms with Gasteiger partial charge in [-0.3, -0.25) is 9.59 Å². The van der Waals surface area contributed by atoms with Gasteiger partial charge in [0.15, 0.2) is 0 Å². The van der Waals surface area contributed by atoms with Gasteiger partial charge in [0.05, 0.1) is 12.7 Å². The fourth-order valence-electron chi connectivity index (χ4n) is 4.20. The largest absolute Gasteiger partial charge is 0.464 e. The van der Waals surface area contributed by atoms with Crippen molar-refractivity contribution in [3.05, 3.63) is 95.4 Å². The van der Waals surface area contributed by atoms with Crippen molar-refractivity contribution in [2.75, 3.05) is 10.6 Å². The lowest BCUT2D eigenvalue weighted by Crippen LogP contribution is -2.18. The molecule has 0 aliphatic carbocycles. The predicted molar refractivity (Wildman–Crippen MR) is 143 cm³/mol. The molecule has 0 aliphatic rings. The van der Waals surface area contributed by atoms with E-state index in [2.05, 4.69) is 37.5 Å². The van der Waals surface area contributed by atoms with Crippen molar-refractivity contribution in [1.82, 2.24) is 0 Å². The number of rotatable bonds is 5. The molecule has 5 aromatic rings. The van der Waals surface area contributed by atoms with Crippen LogP contribution in [0, 0.1) is 6.92 Å². The second-order valence-corrected chi connectivity index (χ2v) is 10.1. The van der Waals surface area contributed by atoms with Gasteiger partial charge in [-0.1, -0.05) is 56.7 Å². The molecule has 0 aliphatic heterocycles. The van der Waals surface area contributed by atoms with Crippen LogP contribution in [0.25, 0.3) is 21.9 Å². The molecule has 6 nitrogen and oxygen atoms in total. The van der Waals surface area contributed by atoms with Gasteiger partial charge in [0.1, 0.15) is 16.9 Å². The van der Waals surface area contributed by atoms with Crippen molar-refractivity contribution in [2.24, 2.45) is 0 Å². The van der Waals surface area contributed by atoms with Crippen LogP contribution in [0.3, 0.4) is 0 Å². The number of benzene rings is 3. The Balaban J connectivity index is 1.43. The SMILES string of the molecule is Cc1ccc(NC(=O)c2oc3ccccc3c2NC(=O)Cc2coc3ccc(C(C)(C)C)cc23)cc1. The van der Waals surface area contributed by atoms with Gasteiger partial charge in [-0.05, 0) is 54.3 Å². The lowest BCUT2D eigenvalue weighted by molar-refractivity contribution is -0.115. The van der Waals surface area contributed by atoms with E-state index in [1.807, 2.05) is 61.5 Å². The molecule has 6 heteroatoms. The molecular formula is C30H28N2O4. The topological polar surface area (TPSA) is 84.5 Å². The monoisotopic (exact) mass is 480 g/mol. The Kier molecular flexibility index (Phi) is 5.88. The smallest absolute Gasteiger partial charge is 0.293 e. The van der Waals surface area contributed by atoms with E-state index >= 15 is 0 Å². The normalized spacial score (nSPS) is 11.7. The van der Waals surface area contributed by atoms with Crippen LogP contribution < -0.4 is 10.6 Å². The molecule has 0 saturated carbocycles. The Morgan fingerprint density at radius 3 is 2.36 bits per heavy atom. The third-order valence-corrected chi connectivity index (χ3v) is 6.25. The highest BCUT2D eigenvalue weighted by molar-refractivity contribution is 6.14. The summed E-state index contributed by atoms with van der Waals surface area (Å²) >= 11 is 0. The number of hydrogen-bond acceptors (Lipinski definition) is 4. The first kappa shape index (κ1) is 23.4. The number of carbonyl (C=O) groups excluding carboxylic acids is 2. The van der Waals surface area contributed by atoms with E-state index in [0.29, 0.717) is 22.3 Å². The van der Waals surface area contributed by atoms with Crippen LogP contribution >= 0.6 is 0 Å². The second kappa shape index (κ2) is 9.04. The molecule has 0 saturated heterocycles. The summed E-state index contributed by atoms with van der Waals surface area (Å²) in [5, 5.41) is 7.34. The molecule has 0 radical (unpaired) electrons. The quantitative estimate of drug-likeness (QED) is 0.278. The van der Waals surface area contributed by atoms with E-state index in [0.717, 1.165) is 27.7 Å². The van der Waals surface area contributed by atoms with Gasteiger partial charge >= 0.3 is 0 Å². The summed E-state index contributed by atoms with van der Waals surface area (Å²) in [4.78, 5) is 26.3. The van der Waals surface area contributed by atoms with Gasteiger partial charge in [-0.15, -0.1) is 0 Å². The summed E-state index contributed by atoms with van der Waals surface area (Å²) in [7, 11) is 0. The van der Waals surface area contributed by atoms with E-state index in [4.69, 9.17) is 8.83 Å². The fourth-order valence-corrected chi connectivity index (χ4v) is 4.20. The summed E-state index contributed by atoms with van der Waals surface area (Å²) in [6.07, 6.45) is 1.72. The fraction of sp³-hybridized carbons (Fsp3) is 0.200. The van der Waals surface area contributed by atoms with Crippen LogP contribution in [0.2, 0.25) is 0 Å². The molecule has 2 heterocycles. The zero-order valence-corrected chi connectivity index (χ0v) is 20.8. The molecule has 3 aromatic carbocycles. The molecule has 0 bridgehead atoms. The van der Waals surface area contributed by atoms with Gasteiger partial charge < -0.3 is 19.5 Å². The van der Waals surface area contributed by atoms with Crippen LogP contribution in [0.1, 0.15) is 48.0 Å². The third kappa shape index (κ3) is 4.62. The number of para-hydroxylation sites is 1. The highest BCUT2D eigenvalue weighted by Crippen LogP contribution is 2.33. The molecule has 0 fully saturated rings. The van der Waals surface area contributed by atoms with Crippen LogP contribution in [-0.4, -0.2) is 11.8 Å². The van der Waals surface area contributed by atoms with Crippen molar-refractivity contribution in [2.45, 2.75) is 39.5 Å². The van der Waals surface area contributed by atoms with Crippen molar-refractivity contribution in [1.29, 1.82) is 0 Å². The molecule has 0 atom stereocenters.